The van der Waals surface area contributed by atoms with E-state index < -0.39 is 0 Å². The van der Waals surface area contributed by atoms with Gasteiger partial charge in [-0.3, -0.25) is 19.5 Å². The summed E-state index contributed by atoms with van der Waals surface area (Å²) in [7, 11) is 0. The van der Waals surface area contributed by atoms with Crippen LogP contribution in [-0.2, 0) is 4.79 Å². The second-order valence-corrected chi connectivity index (χ2v) is 8.44. The van der Waals surface area contributed by atoms with Gasteiger partial charge in [-0.2, -0.15) is 0 Å². The lowest BCUT2D eigenvalue weighted by Gasteiger charge is -2.47. The molecular formula is C24H33N5O2. The molecule has 3 aliphatic heterocycles. The van der Waals surface area contributed by atoms with E-state index in [1.165, 1.54) is 6.42 Å². The maximum atomic E-state index is 13.0. The van der Waals surface area contributed by atoms with E-state index in [9.17, 15) is 9.59 Å². The van der Waals surface area contributed by atoms with Crippen molar-refractivity contribution in [2.24, 2.45) is 0 Å². The summed E-state index contributed by atoms with van der Waals surface area (Å²) in [6.45, 7) is 10.2. The normalized spacial score (nSPS) is 21.7. The fourth-order valence-corrected chi connectivity index (χ4v) is 4.74. The van der Waals surface area contributed by atoms with Gasteiger partial charge >= 0.3 is 0 Å². The van der Waals surface area contributed by atoms with Gasteiger partial charge in [0.1, 0.15) is 11.9 Å². The average Bonchev–Trinajstić information content (AvgIpc) is 2.92. The van der Waals surface area contributed by atoms with Crippen molar-refractivity contribution in [3.63, 3.8) is 0 Å². The highest BCUT2D eigenvalue weighted by Crippen LogP contribution is 2.34. The Morgan fingerprint density at radius 1 is 1.10 bits per heavy atom. The number of amides is 1. The van der Waals surface area contributed by atoms with Gasteiger partial charge in [-0.1, -0.05) is 32.4 Å². The van der Waals surface area contributed by atoms with Gasteiger partial charge in [-0.05, 0) is 56.6 Å². The first kappa shape index (κ1) is 21.6. The van der Waals surface area contributed by atoms with E-state index in [1.807, 2.05) is 30.3 Å². The first-order chi connectivity index (χ1) is 15.0. The van der Waals surface area contributed by atoms with Crippen LogP contribution in [-0.4, -0.2) is 65.4 Å². The first-order valence-electron chi connectivity index (χ1n) is 11.4. The Bertz CT molecular complexity index is 912. The number of piperidine rings is 1. The van der Waals surface area contributed by atoms with E-state index in [4.69, 9.17) is 0 Å². The van der Waals surface area contributed by atoms with Crippen molar-refractivity contribution < 1.29 is 9.59 Å². The third-order valence-corrected chi connectivity index (χ3v) is 6.41. The standard InChI is InChI=1S/C24H33N5O2/c1-4-27(5-2)16-18-15-21-23(25-20-12-8-7-11-19(20)24(31)26-21)29(22(18)17(3)30)28-13-9-6-10-14-28/h7-8,11-12,15,22,25H,4-6,9-10,13-14,16H2,1-3H3,(H,26,31). The van der Waals surface area contributed by atoms with E-state index in [0.717, 1.165) is 61.8 Å². The third kappa shape index (κ3) is 4.25. The van der Waals surface area contributed by atoms with Crippen LogP contribution in [0.15, 0.2) is 47.4 Å². The molecule has 31 heavy (non-hydrogen) atoms. The number of Topliss-reactive ketones (excluding diaryl/α,β-unsaturated/α-hetero) is 1. The number of hydrogen-bond acceptors (Lipinski definition) is 6. The molecule has 0 radical (unpaired) electrons. The quantitative estimate of drug-likeness (QED) is 0.733. The minimum atomic E-state index is -0.382. The molecule has 3 aliphatic rings. The molecule has 1 atom stereocenters. The zero-order valence-corrected chi connectivity index (χ0v) is 18.8. The van der Waals surface area contributed by atoms with E-state index in [0.29, 0.717) is 12.1 Å². The maximum Gasteiger partial charge on any atom is 0.257 e. The van der Waals surface area contributed by atoms with Crippen LogP contribution in [0, 0.1) is 0 Å². The summed E-state index contributed by atoms with van der Waals surface area (Å²) in [5.74, 6) is 0.760. The van der Waals surface area contributed by atoms with Crippen LogP contribution in [0.1, 0.15) is 50.4 Å². The number of ketones is 1. The molecule has 0 aromatic heterocycles. The molecule has 4 rings (SSSR count). The minimum Gasteiger partial charge on any atom is -0.338 e. The fourth-order valence-electron chi connectivity index (χ4n) is 4.74. The van der Waals surface area contributed by atoms with Crippen molar-refractivity contribution in [1.29, 1.82) is 0 Å². The number of nitrogens with zero attached hydrogens (tertiary/aromatic N) is 3. The molecule has 7 nitrogen and oxygen atoms in total. The van der Waals surface area contributed by atoms with E-state index in [2.05, 4.69) is 39.4 Å². The Balaban J connectivity index is 1.82. The number of nitrogens with one attached hydrogen (secondary N) is 2. The number of fused-ring (bicyclic) bond motifs is 1. The Labute approximate surface area is 184 Å². The van der Waals surface area contributed by atoms with Crippen molar-refractivity contribution in [2.45, 2.75) is 46.1 Å². The van der Waals surface area contributed by atoms with Gasteiger partial charge in [0.15, 0.2) is 5.78 Å². The topological polar surface area (TPSA) is 67.9 Å². The van der Waals surface area contributed by atoms with Crippen molar-refractivity contribution in [3.05, 3.63) is 53.0 Å². The average molecular weight is 424 g/mol. The van der Waals surface area contributed by atoms with Gasteiger partial charge < -0.3 is 10.6 Å². The van der Waals surface area contributed by atoms with E-state index in [-0.39, 0.29) is 17.7 Å². The van der Waals surface area contributed by atoms with E-state index in [1.54, 1.807) is 6.92 Å². The maximum absolute atomic E-state index is 13.0. The number of hydrazine groups is 1. The van der Waals surface area contributed by atoms with Crippen LogP contribution in [0.4, 0.5) is 5.69 Å². The molecular weight excluding hydrogens is 390 g/mol. The van der Waals surface area contributed by atoms with Crippen LogP contribution in [0.2, 0.25) is 0 Å². The molecule has 2 N–H and O–H groups in total. The van der Waals surface area contributed by atoms with Gasteiger partial charge in [-0.15, -0.1) is 0 Å². The summed E-state index contributed by atoms with van der Waals surface area (Å²) in [6, 6.07) is 7.14. The second kappa shape index (κ2) is 9.24. The van der Waals surface area contributed by atoms with Gasteiger partial charge in [-0.25, -0.2) is 5.01 Å². The first-order valence-corrected chi connectivity index (χ1v) is 11.4. The second-order valence-electron chi connectivity index (χ2n) is 8.44. The lowest BCUT2D eigenvalue weighted by Crippen LogP contribution is -2.57. The Morgan fingerprint density at radius 2 is 1.81 bits per heavy atom. The molecule has 0 aliphatic carbocycles. The number of carbonyl (C=O) groups is 2. The monoisotopic (exact) mass is 423 g/mol. The lowest BCUT2D eigenvalue weighted by molar-refractivity contribution is -0.128. The fraction of sp³-hybridized carbons (Fsp3) is 0.500. The zero-order valence-electron chi connectivity index (χ0n) is 18.8. The number of para-hydroxylation sites is 1. The Morgan fingerprint density at radius 3 is 2.48 bits per heavy atom. The number of hydrogen-bond donors (Lipinski definition) is 2. The number of carbonyl (C=O) groups excluding carboxylic acids is 2. The molecule has 1 aromatic rings. The summed E-state index contributed by atoms with van der Waals surface area (Å²) in [5, 5.41) is 11.0. The SMILES string of the molecule is CCN(CC)CC1=CC2=C(Nc3ccccc3C(=O)N2)N(N2CCCCC2)C1C(C)=O. The molecule has 7 heteroatoms. The molecule has 0 bridgehead atoms. The van der Waals surface area contributed by atoms with Gasteiger partial charge in [0.05, 0.1) is 16.9 Å². The highest BCUT2D eigenvalue weighted by molar-refractivity contribution is 6.02. The number of anilines is 1. The Kier molecular flexibility index (Phi) is 6.43. The number of rotatable bonds is 6. The molecule has 0 saturated carbocycles. The highest BCUT2D eigenvalue weighted by Gasteiger charge is 2.39. The Hall–Kier alpha value is -2.64. The summed E-state index contributed by atoms with van der Waals surface area (Å²) < 4.78 is 0. The van der Waals surface area contributed by atoms with Crippen molar-refractivity contribution in [2.75, 3.05) is 38.0 Å². The molecule has 3 heterocycles. The molecule has 1 amide bonds. The third-order valence-electron chi connectivity index (χ3n) is 6.41. The summed E-state index contributed by atoms with van der Waals surface area (Å²) >= 11 is 0. The summed E-state index contributed by atoms with van der Waals surface area (Å²) in [6.07, 6.45) is 5.41. The molecule has 1 unspecified atom stereocenters. The minimum absolute atomic E-state index is 0.112. The largest absolute Gasteiger partial charge is 0.338 e. The zero-order chi connectivity index (χ0) is 22.0. The molecule has 166 valence electrons. The van der Waals surface area contributed by atoms with Crippen LogP contribution < -0.4 is 10.6 Å². The molecule has 1 aromatic carbocycles. The van der Waals surface area contributed by atoms with Crippen LogP contribution in [0.5, 0.6) is 0 Å². The predicted molar refractivity (Wildman–Crippen MR) is 122 cm³/mol. The predicted octanol–water partition coefficient (Wildman–Crippen LogP) is 2.95. The van der Waals surface area contributed by atoms with Crippen molar-refractivity contribution in [3.8, 4) is 0 Å². The smallest absolute Gasteiger partial charge is 0.257 e. The van der Waals surface area contributed by atoms with Gasteiger partial charge in [0.25, 0.3) is 5.91 Å². The molecule has 1 saturated heterocycles. The molecule has 0 spiro atoms. The number of allylic oxidation sites excluding steroid dienone is 1. The highest BCUT2D eigenvalue weighted by atomic mass is 16.2. The van der Waals surface area contributed by atoms with E-state index >= 15 is 0 Å². The summed E-state index contributed by atoms with van der Waals surface area (Å²) in [5.41, 5.74) is 3.11. The van der Waals surface area contributed by atoms with Crippen LogP contribution in [0.3, 0.4) is 0 Å². The van der Waals surface area contributed by atoms with Crippen LogP contribution >= 0.6 is 0 Å². The van der Waals surface area contributed by atoms with Crippen molar-refractivity contribution >= 4 is 17.4 Å². The summed E-state index contributed by atoms with van der Waals surface area (Å²) in [4.78, 5) is 28.3. The van der Waals surface area contributed by atoms with Crippen LogP contribution in [0.25, 0.3) is 0 Å². The number of benzene rings is 1. The van der Waals surface area contributed by atoms with Crippen molar-refractivity contribution in [1.82, 2.24) is 20.2 Å². The molecule has 1 fully saturated rings. The number of likely N-dealkylation sites (N-methyl/N-ethyl adjacent to an activating group) is 1. The van der Waals surface area contributed by atoms with Gasteiger partial charge in [0.2, 0.25) is 0 Å². The van der Waals surface area contributed by atoms with Gasteiger partial charge in [0, 0.05) is 19.6 Å². The lowest BCUT2D eigenvalue weighted by atomic mass is 9.97.